The SMILES string of the molecule is CC1CC(=O)C2=C1C(O)C1(C(C)C)CCC2(C)OO1. The largest absolute Gasteiger partial charge is 0.386 e. The monoisotopic (exact) mass is 266 g/mol. The van der Waals surface area contributed by atoms with E-state index in [1.807, 2.05) is 27.7 Å². The maximum absolute atomic E-state index is 12.3. The van der Waals surface area contributed by atoms with E-state index in [0.717, 1.165) is 18.4 Å². The number of aliphatic hydroxyl groups excluding tert-OH is 1. The van der Waals surface area contributed by atoms with Crippen molar-refractivity contribution >= 4 is 5.78 Å². The summed E-state index contributed by atoms with van der Waals surface area (Å²) in [5.74, 6) is 0.314. The Morgan fingerprint density at radius 2 is 2.00 bits per heavy atom. The highest BCUT2D eigenvalue weighted by molar-refractivity contribution is 6.01. The third-order valence-corrected chi connectivity index (χ3v) is 5.23. The van der Waals surface area contributed by atoms with Gasteiger partial charge in [0.05, 0.1) is 0 Å². The van der Waals surface area contributed by atoms with Crippen molar-refractivity contribution in [1.82, 2.24) is 0 Å². The molecule has 2 heterocycles. The van der Waals surface area contributed by atoms with E-state index in [0.29, 0.717) is 12.0 Å². The Kier molecular flexibility index (Phi) is 2.73. The van der Waals surface area contributed by atoms with Crippen LogP contribution in [0.1, 0.15) is 47.0 Å². The number of hydrogen-bond acceptors (Lipinski definition) is 4. The molecule has 4 rings (SSSR count). The lowest BCUT2D eigenvalue weighted by atomic mass is 9.77. The second-order valence-electron chi connectivity index (χ2n) is 6.77. The van der Waals surface area contributed by atoms with Crippen molar-refractivity contribution in [3.8, 4) is 0 Å². The van der Waals surface area contributed by atoms with E-state index in [2.05, 4.69) is 0 Å². The Balaban J connectivity index is 2.19. The Labute approximate surface area is 113 Å². The fourth-order valence-electron chi connectivity index (χ4n) is 3.90. The maximum Gasteiger partial charge on any atom is 0.162 e. The lowest BCUT2D eigenvalue weighted by Crippen LogP contribution is -2.54. The van der Waals surface area contributed by atoms with Gasteiger partial charge < -0.3 is 5.11 Å². The topological polar surface area (TPSA) is 55.8 Å². The first kappa shape index (κ1) is 13.3. The van der Waals surface area contributed by atoms with Gasteiger partial charge in [0.15, 0.2) is 5.78 Å². The van der Waals surface area contributed by atoms with E-state index < -0.39 is 17.3 Å². The van der Waals surface area contributed by atoms with Crippen molar-refractivity contribution in [3.05, 3.63) is 11.1 Å². The van der Waals surface area contributed by atoms with Gasteiger partial charge in [-0.3, -0.25) is 4.79 Å². The first-order chi connectivity index (χ1) is 8.82. The van der Waals surface area contributed by atoms with Crippen molar-refractivity contribution in [2.24, 2.45) is 11.8 Å². The van der Waals surface area contributed by atoms with E-state index in [1.165, 1.54) is 0 Å². The first-order valence-electron chi connectivity index (χ1n) is 7.14. The molecule has 19 heavy (non-hydrogen) atoms. The summed E-state index contributed by atoms with van der Waals surface area (Å²) in [5, 5.41) is 10.9. The zero-order chi connectivity index (χ0) is 14.0. The molecule has 0 radical (unpaired) electrons. The molecule has 2 bridgehead atoms. The third-order valence-electron chi connectivity index (χ3n) is 5.23. The average Bonchev–Trinajstić information content (AvgIpc) is 2.54. The van der Waals surface area contributed by atoms with Crippen LogP contribution in [0.2, 0.25) is 0 Å². The number of carbonyl (C=O) groups excluding carboxylic acids is 1. The van der Waals surface area contributed by atoms with Gasteiger partial charge in [-0.15, -0.1) is 0 Å². The van der Waals surface area contributed by atoms with Gasteiger partial charge in [-0.25, -0.2) is 9.78 Å². The van der Waals surface area contributed by atoms with Crippen LogP contribution in [-0.2, 0) is 14.6 Å². The average molecular weight is 266 g/mol. The van der Waals surface area contributed by atoms with Gasteiger partial charge in [0.2, 0.25) is 0 Å². The predicted molar refractivity (Wildman–Crippen MR) is 69.2 cm³/mol. The maximum atomic E-state index is 12.3. The molecular formula is C15H22O4. The van der Waals surface area contributed by atoms with E-state index in [9.17, 15) is 9.90 Å². The molecule has 4 unspecified atom stereocenters. The third kappa shape index (κ3) is 1.54. The number of carbonyl (C=O) groups is 1. The van der Waals surface area contributed by atoms with Crippen molar-refractivity contribution in [3.63, 3.8) is 0 Å². The molecule has 4 heteroatoms. The van der Waals surface area contributed by atoms with Gasteiger partial charge in [0.1, 0.15) is 17.3 Å². The highest BCUT2D eigenvalue weighted by Crippen LogP contribution is 2.53. The minimum absolute atomic E-state index is 0.0818. The van der Waals surface area contributed by atoms with Crippen molar-refractivity contribution in [2.45, 2.75) is 64.3 Å². The summed E-state index contributed by atoms with van der Waals surface area (Å²) in [5.41, 5.74) is 0.131. The molecule has 0 spiro atoms. The summed E-state index contributed by atoms with van der Waals surface area (Å²) >= 11 is 0. The van der Waals surface area contributed by atoms with Gasteiger partial charge in [-0.2, -0.15) is 0 Å². The predicted octanol–water partition coefficient (Wildman–Crippen LogP) is 2.16. The van der Waals surface area contributed by atoms with Crippen LogP contribution in [0.25, 0.3) is 0 Å². The van der Waals surface area contributed by atoms with Crippen LogP contribution in [0.5, 0.6) is 0 Å². The minimum Gasteiger partial charge on any atom is -0.386 e. The fraction of sp³-hybridized carbons (Fsp3) is 0.800. The van der Waals surface area contributed by atoms with E-state index in [4.69, 9.17) is 9.78 Å². The zero-order valence-corrected chi connectivity index (χ0v) is 12.0. The van der Waals surface area contributed by atoms with Crippen LogP contribution in [0.15, 0.2) is 11.1 Å². The number of fused-ring (bicyclic) bond motifs is 2. The van der Waals surface area contributed by atoms with Crippen LogP contribution in [-0.4, -0.2) is 28.2 Å². The van der Waals surface area contributed by atoms with Gasteiger partial charge in [0, 0.05) is 12.0 Å². The Morgan fingerprint density at radius 3 is 2.53 bits per heavy atom. The quantitative estimate of drug-likeness (QED) is 0.739. The molecule has 4 atom stereocenters. The molecule has 0 aromatic rings. The molecule has 1 N–H and O–H groups in total. The fourth-order valence-corrected chi connectivity index (χ4v) is 3.90. The number of hydrogen-bond donors (Lipinski definition) is 1. The molecule has 0 aromatic carbocycles. The van der Waals surface area contributed by atoms with Crippen LogP contribution in [0, 0.1) is 11.8 Å². The molecule has 0 amide bonds. The molecule has 2 aliphatic carbocycles. The Morgan fingerprint density at radius 1 is 1.32 bits per heavy atom. The molecule has 106 valence electrons. The van der Waals surface area contributed by atoms with Gasteiger partial charge in [0.25, 0.3) is 0 Å². The summed E-state index contributed by atoms with van der Waals surface area (Å²) in [6.07, 6.45) is 1.18. The van der Waals surface area contributed by atoms with Crippen LogP contribution in [0.3, 0.4) is 0 Å². The Bertz CT molecular complexity index is 455. The van der Waals surface area contributed by atoms with Gasteiger partial charge in [-0.05, 0) is 37.2 Å². The zero-order valence-electron chi connectivity index (χ0n) is 12.0. The van der Waals surface area contributed by atoms with Gasteiger partial charge in [-0.1, -0.05) is 20.8 Å². The van der Waals surface area contributed by atoms with Gasteiger partial charge >= 0.3 is 0 Å². The molecule has 4 nitrogen and oxygen atoms in total. The summed E-state index contributed by atoms with van der Waals surface area (Å²) in [6, 6.07) is 0. The van der Waals surface area contributed by atoms with Crippen LogP contribution >= 0.6 is 0 Å². The van der Waals surface area contributed by atoms with E-state index in [1.54, 1.807) is 0 Å². The summed E-state index contributed by atoms with van der Waals surface area (Å²) in [7, 11) is 0. The summed E-state index contributed by atoms with van der Waals surface area (Å²) in [4.78, 5) is 23.6. The smallest absolute Gasteiger partial charge is 0.162 e. The normalized spacial score (nSPS) is 45.9. The number of rotatable bonds is 1. The van der Waals surface area contributed by atoms with E-state index in [-0.39, 0.29) is 17.6 Å². The van der Waals surface area contributed by atoms with E-state index >= 15 is 0 Å². The molecule has 0 aromatic heterocycles. The van der Waals surface area contributed by atoms with Crippen LogP contribution < -0.4 is 0 Å². The second kappa shape index (κ2) is 3.90. The lowest BCUT2D eigenvalue weighted by Gasteiger charge is -2.45. The van der Waals surface area contributed by atoms with Crippen molar-refractivity contribution in [1.29, 1.82) is 0 Å². The Hall–Kier alpha value is -0.710. The second-order valence-corrected chi connectivity index (χ2v) is 6.77. The molecular weight excluding hydrogens is 244 g/mol. The molecule has 1 saturated heterocycles. The first-order valence-corrected chi connectivity index (χ1v) is 7.14. The molecule has 1 fully saturated rings. The number of ketones is 1. The number of aliphatic hydroxyl groups is 1. The highest BCUT2D eigenvalue weighted by atomic mass is 17.2. The molecule has 2 aliphatic heterocycles. The minimum atomic E-state index is -0.742. The van der Waals surface area contributed by atoms with Crippen LogP contribution in [0.4, 0.5) is 0 Å². The van der Waals surface area contributed by atoms with Crippen molar-refractivity contribution in [2.75, 3.05) is 0 Å². The standard InChI is InChI=1S/C15H22O4/c1-8(2)15-6-5-14(4,18-19-15)12-10(16)7-9(3)11(12)13(15)17/h8-9,13,17H,5-7H2,1-4H3. The van der Waals surface area contributed by atoms with Crippen molar-refractivity contribution < 1.29 is 19.7 Å². The number of Topliss-reactive ketones (excluding diaryl/α,β-unsaturated/α-hetero) is 1. The molecule has 0 saturated carbocycles. The highest BCUT2D eigenvalue weighted by Gasteiger charge is 2.60. The summed E-state index contributed by atoms with van der Waals surface area (Å²) < 4.78 is 0. The summed E-state index contributed by atoms with van der Waals surface area (Å²) in [6.45, 7) is 7.97. The lowest BCUT2D eigenvalue weighted by molar-refractivity contribution is -0.442. The molecule has 4 aliphatic rings.